The molecule has 1 heterocycles. The van der Waals surface area contributed by atoms with E-state index in [2.05, 4.69) is 10.9 Å². The number of hydrogen-bond donors (Lipinski definition) is 2. The summed E-state index contributed by atoms with van der Waals surface area (Å²) < 4.78 is 30.0. The van der Waals surface area contributed by atoms with Gasteiger partial charge in [-0.25, -0.2) is 8.42 Å². The molecule has 2 aromatic rings. The fourth-order valence-corrected chi connectivity index (χ4v) is 4.46. The first-order valence-electron chi connectivity index (χ1n) is 8.90. The lowest BCUT2D eigenvalue weighted by molar-refractivity contribution is -0.122. The molecule has 8 heteroatoms. The molecule has 2 amide bonds. The topological polar surface area (TPSA) is 105 Å². The van der Waals surface area contributed by atoms with Gasteiger partial charge in [0.2, 0.25) is 5.91 Å². The second-order valence-electron chi connectivity index (χ2n) is 6.70. The maximum absolute atomic E-state index is 12.3. The van der Waals surface area contributed by atoms with Crippen molar-refractivity contribution < 1.29 is 22.4 Å². The van der Waals surface area contributed by atoms with Crippen LogP contribution in [0.3, 0.4) is 0 Å². The van der Waals surface area contributed by atoms with Gasteiger partial charge in [-0.2, -0.15) is 0 Å². The van der Waals surface area contributed by atoms with Gasteiger partial charge in [0.1, 0.15) is 11.5 Å². The zero-order valence-corrected chi connectivity index (χ0v) is 15.6. The Morgan fingerprint density at radius 3 is 2.41 bits per heavy atom. The fraction of sp³-hybridized carbons (Fsp3) is 0.368. The molecule has 1 aliphatic carbocycles. The standard InChI is InChI=1S/C19H22N2O5S/c22-18(12-14-6-4-5-7-14)20-21-19(23)17-11-10-15(26-17)13-27(24,25)16-8-2-1-3-9-16/h1-3,8-11,14H,4-7,12-13H2,(H,20,22)(H,21,23). The number of hydrazine groups is 1. The van der Waals surface area contributed by atoms with Gasteiger partial charge in [-0.05, 0) is 43.0 Å². The number of sulfone groups is 1. The summed E-state index contributed by atoms with van der Waals surface area (Å²) in [7, 11) is -3.56. The number of rotatable bonds is 6. The molecule has 1 aromatic carbocycles. The van der Waals surface area contributed by atoms with Crippen molar-refractivity contribution >= 4 is 21.7 Å². The van der Waals surface area contributed by atoms with Crippen molar-refractivity contribution in [3.05, 3.63) is 54.0 Å². The molecule has 0 radical (unpaired) electrons. The van der Waals surface area contributed by atoms with E-state index in [9.17, 15) is 18.0 Å². The van der Waals surface area contributed by atoms with Gasteiger partial charge in [-0.3, -0.25) is 20.4 Å². The monoisotopic (exact) mass is 390 g/mol. The lowest BCUT2D eigenvalue weighted by atomic mass is 10.0. The first-order valence-corrected chi connectivity index (χ1v) is 10.5. The van der Waals surface area contributed by atoms with Gasteiger partial charge in [-0.15, -0.1) is 0 Å². The second-order valence-corrected chi connectivity index (χ2v) is 8.68. The van der Waals surface area contributed by atoms with Crippen LogP contribution in [0.4, 0.5) is 0 Å². The predicted octanol–water partition coefficient (Wildman–Crippen LogP) is 2.59. The van der Waals surface area contributed by atoms with Gasteiger partial charge in [-0.1, -0.05) is 31.0 Å². The van der Waals surface area contributed by atoms with Gasteiger partial charge in [0.25, 0.3) is 0 Å². The van der Waals surface area contributed by atoms with Crippen molar-refractivity contribution in [2.24, 2.45) is 5.92 Å². The van der Waals surface area contributed by atoms with Crippen molar-refractivity contribution in [3.8, 4) is 0 Å². The quantitative estimate of drug-likeness (QED) is 0.738. The number of furan rings is 1. The summed E-state index contributed by atoms with van der Waals surface area (Å²) in [6.07, 6.45) is 4.76. The minimum Gasteiger partial charge on any atom is -0.455 e. The highest BCUT2D eigenvalue weighted by atomic mass is 32.2. The summed E-state index contributed by atoms with van der Waals surface area (Å²) in [5.74, 6) is -0.749. The molecule has 3 rings (SSSR count). The van der Waals surface area contributed by atoms with Crippen LogP contribution in [0.5, 0.6) is 0 Å². The Hall–Kier alpha value is -2.61. The van der Waals surface area contributed by atoms with E-state index in [1.165, 1.54) is 24.3 Å². The molecule has 7 nitrogen and oxygen atoms in total. The molecule has 1 aliphatic rings. The van der Waals surface area contributed by atoms with Crippen LogP contribution in [0, 0.1) is 5.92 Å². The van der Waals surface area contributed by atoms with Crippen molar-refractivity contribution in [3.63, 3.8) is 0 Å². The average Bonchev–Trinajstić information content (AvgIpc) is 3.32. The first kappa shape index (κ1) is 19.2. The molecule has 2 N–H and O–H groups in total. The van der Waals surface area contributed by atoms with Crippen molar-refractivity contribution in [2.45, 2.75) is 42.8 Å². The van der Waals surface area contributed by atoms with Crippen molar-refractivity contribution in [1.82, 2.24) is 10.9 Å². The van der Waals surface area contributed by atoms with E-state index in [0.717, 1.165) is 25.7 Å². The van der Waals surface area contributed by atoms with Crippen LogP contribution in [0.25, 0.3) is 0 Å². The molecule has 144 valence electrons. The molecule has 0 bridgehead atoms. The Bertz CT molecular complexity index is 899. The Labute approximate surface area is 158 Å². The molecule has 0 unspecified atom stereocenters. The maximum Gasteiger partial charge on any atom is 0.305 e. The zero-order chi connectivity index (χ0) is 19.3. The van der Waals surface area contributed by atoms with Crippen LogP contribution >= 0.6 is 0 Å². The van der Waals surface area contributed by atoms with Crippen LogP contribution in [-0.2, 0) is 20.4 Å². The Morgan fingerprint density at radius 1 is 1.00 bits per heavy atom. The summed E-state index contributed by atoms with van der Waals surface area (Å²) in [6.45, 7) is 0. The predicted molar refractivity (Wildman–Crippen MR) is 98.2 cm³/mol. The smallest absolute Gasteiger partial charge is 0.305 e. The van der Waals surface area contributed by atoms with Crippen LogP contribution in [0.1, 0.15) is 48.4 Å². The number of carbonyl (C=O) groups excluding carboxylic acids is 2. The van der Waals surface area contributed by atoms with Gasteiger partial charge in [0.15, 0.2) is 15.6 Å². The minimum absolute atomic E-state index is 0.0607. The zero-order valence-electron chi connectivity index (χ0n) is 14.8. The van der Waals surface area contributed by atoms with Crippen LogP contribution in [0.15, 0.2) is 51.8 Å². The molecule has 1 fully saturated rings. The Balaban J connectivity index is 1.53. The summed E-state index contributed by atoms with van der Waals surface area (Å²) in [6, 6.07) is 10.8. The highest BCUT2D eigenvalue weighted by Crippen LogP contribution is 2.27. The summed E-state index contributed by atoms with van der Waals surface area (Å²) in [5.41, 5.74) is 4.67. The molecule has 1 aromatic heterocycles. The van der Waals surface area contributed by atoms with Gasteiger partial charge >= 0.3 is 5.91 Å². The number of nitrogens with one attached hydrogen (secondary N) is 2. The number of carbonyl (C=O) groups is 2. The number of hydrogen-bond acceptors (Lipinski definition) is 5. The van der Waals surface area contributed by atoms with E-state index in [4.69, 9.17) is 4.42 Å². The summed E-state index contributed by atoms with van der Waals surface area (Å²) in [5, 5.41) is 0. The molecular formula is C19H22N2O5S. The van der Waals surface area contributed by atoms with Crippen LogP contribution < -0.4 is 10.9 Å². The molecule has 0 spiro atoms. The second kappa shape index (κ2) is 8.39. The molecule has 27 heavy (non-hydrogen) atoms. The van der Waals surface area contributed by atoms with E-state index < -0.39 is 15.7 Å². The molecule has 0 saturated heterocycles. The largest absolute Gasteiger partial charge is 0.455 e. The molecule has 0 aliphatic heterocycles. The normalized spacial score (nSPS) is 14.8. The number of amides is 2. The van der Waals surface area contributed by atoms with E-state index in [1.54, 1.807) is 18.2 Å². The van der Waals surface area contributed by atoms with Crippen molar-refractivity contribution in [1.29, 1.82) is 0 Å². The summed E-state index contributed by atoms with van der Waals surface area (Å²) in [4.78, 5) is 24.1. The first-order chi connectivity index (χ1) is 12.9. The molecule has 0 atom stereocenters. The maximum atomic E-state index is 12.3. The molecular weight excluding hydrogens is 368 g/mol. The lowest BCUT2D eigenvalue weighted by Gasteiger charge is -2.09. The Morgan fingerprint density at radius 2 is 1.70 bits per heavy atom. The third-order valence-electron chi connectivity index (χ3n) is 4.58. The minimum atomic E-state index is -3.56. The van der Waals surface area contributed by atoms with E-state index in [1.807, 2.05) is 0 Å². The highest BCUT2D eigenvalue weighted by Gasteiger charge is 2.21. The third kappa shape index (κ3) is 5.19. The van der Waals surface area contributed by atoms with Crippen LogP contribution in [0.2, 0.25) is 0 Å². The van der Waals surface area contributed by atoms with Gasteiger partial charge in [0, 0.05) is 6.42 Å². The average molecular weight is 390 g/mol. The van der Waals surface area contributed by atoms with Crippen LogP contribution in [-0.4, -0.2) is 20.2 Å². The number of benzene rings is 1. The highest BCUT2D eigenvalue weighted by molar-refractivity contribution is 7.90. The van der Waals surface area contributed by atoms with E-state index >= 15 is 0 Å². The fourth-order valence-electron chi connectivity index (χ4n) is 3.19. The third-order valence-corrected chi connectivity index (χ3v) is 6.24. The van der Waals surface area contributed by atoms with Crippen molar-refractivity contribution in [2.75, 3.05) is 0 Å². The van der Waals surface area contributed by atoms with Gasteiger partial charge < -0.3 is 4.42 Å². The van der Waals surface area contributed by atoms with E-state index in [0.29, 0.717) is 12.3 Å². The Kier molecular flexibility index (Phi) is 5.95. The lowest BCUT2D eigenvalue weighted by Crippen LogP contribution is -2.42. The van der Waals surface area contributed by atoms with E-state index in [-0.39, 0.29) is 28.1 Å². The summed E-state index contributed by atoms with van der Waals surface area (Å²) >= 11 is 0. The molecule has 1 saturated carbocycles. The van der Waals surface area contributed by atoms with Gasteiger partial charge in [0.05, 0.1) is 4.90 Å². The SMILES string of the molecule is O=C(CC1CCCC1)NNC(=O)c1ccc(CS(=O)(=O)c2ccccc2)o1.